The quantitative estimate of drug-likeness (QED) is 0.286. The minimum atomic E-state index is -0.535. The first-order chi connectivity index (χ1) is 12.7. The Morgan fingerprint density at radius 1 is 1.00 bits per heavy atom. The van der Waals surface area contributed by atoms with Crippen LogP contribution in [-0.2, 0) is 14.3 Å². The fourth-order valence-corrected chi connectivity index (χ4v) is 3.26. The molecule has 0 N–H and O–H groups in total. The molecule has 1 unspecified atom stereocenters. The Bertz CT molecular complexity index is 444. The van der Waals surface area contributed by atoms with Gasteiger partial charge in [-0.1, -0.05) is 64.2 Å². The van der Waals surface area contributed by atoms with Crippen LogP contribution in [0.3, 0.4) is 0 Å². The third-order valence-corrected chi connectivity index (χ3v) is 4.78. The van der Waals surface area contributed by atoms with E-state index in [-0.39, 0.29) is 12.6 Å². The van der Waals surface area contributed by atoms with Crippen molar-refractivity contribution in [1.82, 2.24) is 4.90 Å². The average molecular weight is 366 g/mol. The molecule has 1 heterocycles. The van der Waals surface area contributed by atoms with Crippen molar-refractivity contribution in [3.63, 3.8) is 0 Å². The van der Waals surface area contributed by atoms with Gasteiger partial charge in [-0.25, -0.2) is 9.59 Å². The predicted molar refractivity (Wildman–Crippen MR) is 103 cm³/mol. The lowest BCUT2D eigenvalue weighted by Crippen LogP contribution is -2.49. The molecule has 1 atom stereocenters. The topological polar surface area (TPSA) is 55.8 Å². The molecular formula is C21H35NO4. The largest absolute Gasteiger partial charge is 0.464 e. The van der Waals surface area contributed by atoms with Gasteiger partial charge in [-0.05, 0) is 25.7 Å². The minimum Gasteiger partial charge on any atom is -0.464 e. The number of unbranched alkanes of at least 4 members (excludes halogenated alkanes) is 8. The van der Waals surface area contributed by atoms with E-state index in [1.807, 2.05) is 0 Å². The number of carbonyl (C=O) groups is 2. The molecule has 1 rings (SSSR count). The molecule has 0 spiro atoms. The molecule has 26 heavy (non-hydrogen) atoms. The van der Waals surface area contributed by atoms with Crippen molar-refractivity contribution in [2.45, 2.75) is 90.0 Å². The summed E-state index contributed by atoms with van der Waals surface area (Å²) < 4.78 is 10.4. The predicted octanol–water partition coefficient (Wildman–Crippen LogP) is 4.68. The van der Waals surface area contributed by atoms with Gasteiger partial charge >= 0.3 is 12.1 Å². The van der Waals surface area contributed by atoms with Crippen LogP contribution in [0.5, 0.6) is 0 Å². The number of piperidine rings is 1. The van der Waals surface area contributed by atoms with E-state index in [2.05, 4.69) is 12.8 Å². The van der Waals surface area contributed by atoms with E-state index in [0.717, 1.165) is 25.7 Å². The molecule has 0 bridgehead atoms. The average Bonchev–Trinajstić information content (AvgIpc) is 2.67. The Balaban J connectivity index is 2.16. The highest BCUT2D eigenvalue weighted by Crippen LogP contribution is 2.19. The fourth-order valence-electron chi connectivity index (χ4n) is 3.26. The summed E-state index contributed by atoms with van der Waals surface area (Å²) in [5.41, 5.74) is 0. The summed E-state index contributed by atoms with van der Waals surface area (Å²) >= 11 is 0. The Kier molecular flexibility index (Phi) is 12.4. The Labute approximate surface area is 158 Å². The van der Waals surface area contributed by atoms with Crippen LogP contribution in [-0.4, -0.2) is 42.8 Å². The molecule has 0 saturated carbocycles. The normalized spacial score (nSPS) is 16.8. The van der Waals surface area contributed by atoms with Gasteiger partial charge in [0.25, 0.3) is 0 Å². The van der Waals surface area contributed by atoms with Gasteiger partial charge in [-0.3, -0.25) is 4.90 Å². The molecule has 1 amide bonds. The molecule has 1 aliphatic rings. The van der Waals surface area contributed by atoms with Crippen LogP contribution in [0.15, 0.2) is 0 Å². The van der Waals surface area contributed by atoms with E-state index in [0.29, 0.717) is 19.6 Å². The lowest BCUT2D eigenvalue weighted by Gasteiger charge is -2.32. The number of hydrogen-bond donors (Lipinski definition) is 0. The number of ether oxygens (including phenoxy) is 2. The maximum atomic E-state index is 12.3. The molecule has 0 radical (unpaired) electrons. The molecule has 0 aliphatic carbocycles. The van der Waals surface area contributed by atoms with Gasteiger partial charge in [0.05, 0.1) is 6.61 Å². The molecule has 0 aromatic carbocycles. The van der Waals surface area contributed by atoms with Crippen molar-refractivity contribution in [3.8, 4) is 12.3 Å². The standard InChI is InChI=1S/C21H35NO4/c1-3-5-6-7-8-9-10-11-14-18-25-20(23)19-15-12-13-16-22(19)21(24)26-17-4-2/h2,19H,3,5-18H2,1H3. The summed E-state index contributed by atoms with van der Waals surface area (Å²) in [6.07, 6.45) is 18.0. The summed E-state index contributed by atoms with van der Waals surface area (Å²) in [6, 6.07) is -0.535. The van der Waals surface area contributed by atoms with Gasteiger partial charge in [0.1, 0.15) is 6.04 Å². The van der Waals surface area contributed by atoms with Gasteiger partial charge in [0.2, 0.25) is 0 Å². The second-order valence-electron chi connectivity index (χ2n) is 6.96. The van der Waals surface area contributed by atoms with Crippen molar-refractivity contribution in [2.75, 3.05) is 19.8 Å². The van der Waals surface area contributed by atoms with Crippen LogP contribution >= 0.6 is 0 Å². The van der Waals surface area contributed by atoms with Crippen molar-refractivity contribution >= 4 is 12.1 Å². The maximum Gasteiger partial charge on any atom is 0.411 e. The molecule has 5 nitrogen and oxygen atoms in total. The second-order valence-corrected chi connectivity index (χ2v) is 6.96. The zero-order chi connectivity index (χ0) is 19.0. The zero-order valence-electron chi connectivity index (χ0n) is 16.3. The maximum absolute atomic E-state index is 12.3. The lowest BCUT2D eigenvalue weighted by molar-refractivity contribution is -0.150. The van der Waals surface area contributed by atoms with Gasteiger partial charge < -0.3 is 9.47 Å². The van der Waals surface area contributed by atoms with Gasteiger partial charge in [-0.2, -0.15) is 0 Å². The molecule has 1 fully saturated rings. The number of terminal acetylenes is 1. The third kappa shape index (κ3) is 9.12. The second kappa shape index (κ2) is 14.5. The van der Waals surface area contributed by atoms with E-state index in [1.165, 1.54) is 49.8 Å². The molecule has 1 saturated heterocycles. The van der Waals surface area contributed by atoms with Crippen LogP contribution in [0.2, 0.25) is 0 Å². The SMILES string of the molecule is C#CCOC(=O)N1CCCCC1C(=O)OCCCCCCCCCCC. The fraction of sp³-hybridized carbons (Fsp3) is 0.810. The van der Waals surface area contributed by atoms with Crippen LogP contribution in [0.1, 0.15) is 84.0 Å². The summed E-state index contributed by atoms with van der Waals surface area (Å²) in [6.45, 7) is 3.10. The molecule has 0 aromatic rings. The summed E-state index contributed by atoms with van der Waals surface area (Å²) in [5.74, 6) is 1.95. The van der Waals surface area contributed by atoms with Crippen molar-refractivity contribution in [2.24, 2.45) is 0 Å². The molecule has 0 aromatic heterocycles. The summed E-state index contributed by atoms with van der Waals surface area (Å²) in [5, 5.41) is 0. The van der Waals surface area contributed by atoms with E-state index >= 15 is 0 Å². The number of amides is 1. The van der Waals surface area contributed by atoms with Crippen LogP contribution < -0.4 is 0 Å². The molecule has 5 heteroatoms. The lowest BCUT2D eigenvalue weighted by atomic mass is 10.0. The summed E-state index contributed by atoms with van der Waals surface area (Å²) in [4.78, 5) is 25.8. The van der Waals surface area contributed by atoms with Crippen LogP contribution in [0, 0.1) is 12.3 Å². The highest BCUT2D eigenvalue weighted by atomic mass is 16.6. The number of rotatable bonds is 12. The van der Waals surface area contributed by atoms with Crippen molar-refractivity contribution in [1.29, 1.82) is 0 Å². The van der Waals surface area contributed by atoms with Gasteiger partial charge in [-0.15, -0.1) is 6.42 Å². The Morgan fingerprint density at radius 2 is 1.65 bits per heavy atom. The van der Waals surface area contributed by atoms with E-state index in [9.17, 15) is 9.59 Å². The first kappa shape index (κ1) is 22.3. The Morgan fingerprint density at radius 3 is 2.31 bits per heavy atom. The number of likely N-dealkylation sites (tertiary alicyclic amines) is 1. The number of carbonyl (C=O) groups excluding carboxylic acids is 2. The van der Waals surface area contributed by atoms with Gasteiger partial charge in [0.15, 0.2) is 6.61 Å². The zero-order valence-corrected chi connectivity index (χ0v) is 16.3. The van der Waals surface area contributed by atoms with Crippen LogP contribution in [0.25, 0.3) is 0 Å². The number of nitrogens with zero attached hydrogens (tertiary/aromatic N) is 1. The Hall–Kier alpha value is -1.70. The van der Waals surface area contributed by atoms with Crippen molar-refractivity contribution < 1.29 is 19.1 Å². The monoisotopic (exact) mass is 365 g/mol. The number of hydrogen-bond acceptors (Lipinski definition) is 4. The van der Waals surface area contributed by atoms with Gasteiger partial charge in [0, 0.05) is 6.54 Å². The van der Waals surface area contributed by atoms with Crippen molar-refractivity contribution in [3.05, 3.63) is 0 Å². The first-order valence-corrected chi connectivity index (χ1v) is 10.2. The molecular weight excluding hydrogens is 330 g/mol. The smallest absolute Gasteiger partial charge is 0.411 e. The van der Waals surface area contributed by atoms with E-state index in [1.54, 1.807) is 0 Å². The van der Waals surface area contributed by atoms with Crippen LogP contribution in [0.4, 0.5) is 4.79 Å². The highest BCUT2D eigenvalue weighted by molar-refractivity contribution is 5.81. The summed E-state index contributed by atoms with van der Waals surface area (Å²) in [7, 11) is 0. The third-order valence-electron chi connectivity index (χ3n) is 4.78. The van der Waals surface area contributed by atoms with E-state index < -0.39 is 12.1 Å². The van der Waals surface area contributed by atoms with E-state index in [4.69, 9.17) is 15.9 Å². The molecule has 1 aliphatic heterocycles. The highest BCUT2D eigenvalue weighted by Gasteiger charge is 2.34. The first-order valence-electron chi connectivity index (χ1n) is 10.2. The molecule has 148 valence electrons. The number of esters is 1. The minimum absolute atomic E-state index is 0.0739.